The zero-order valence-corrected chi connectivity index (χ0v) is 13.5. The zero-order chi connectivity index (χ0) is 15.9. The molecule has 1 unspecified atom stereocenters. The van der Waals surface area contributed by atoms with Crippen LogP contribution < -0.4 is 11.1 Å². The Bertz CT molecular complexity index is 619. The molecular formula is C18H26N2O2. The van der Waals surface area contributed by atoms with Crippen LogP contribution in [0.5, 0.6) is 0 Å². The van der Waals surface area contributed by atoms with Crippen molar-refractivity contribution in [1.29, 1.82) is 0 Å². The number of fused-ring (bicyclic) bond motifs is 1. The molecule has 4 heteroatoms. The van der Waals surface area contributed by atoms with E-state index < -0.39 is 0 Å². The quantitative estimate of drug-likeness (QED) is 0.728. The van der Waals surface area contributed by atoms with Crippen LogP contribution in [-0.2, 0) is 4.79 Å². The monoisotopic (exact) mass is 302 g/mol. The van der Waals surface area contributed by atoms with E-state index in [0.717, 1.165) is 54.5 Å². The molecule has 1 aromatic carbocycles. The van der Waals surface area contributed by atoms with Gasteiger partial charge < -0.3 is 15.5 Å². The number of para-hydroxylation sites is 1. The van der Waals surface area contributed by atoms with E-state index in [-0.39, 0.29) is 11.9 Å². The molecule has 0 aliphatic heterocycles. The number of hydrogen-bond acceptors (Lipinski definition) is 3. The first-order chi connectivity index (χ1) is 10.6. The third-order valence-corrected chi connectivity index (χ3v) is 4.01. The number of hydrogen-bond donors (Lipinski definition) is 2. The first-order valence-electron chi connectivity index (χ1n) is 8.11. The Morgan fingerprint density at radius 3 is 2.68 bits per heavy atom. The van der Waals surface area contributed by atoms with E-state index in [2.05, 4.69) is 5.32 Å². The Labute approximate surface area is 132 Å². The molecule has 0 radical (unpaired) electrons. The van der Waals surface area contributed by atoms with Crippen molar-refractivity contribution in [1.82, 2.24) is 5.32 Å². The first-order valence-corrected chi connectivity index (χ1v) is 8.11. The summed E-state index contributed by atoms with van der Waals surface area (Å²) < 4.78 is 5.89. The number of carbonyl (C=O) groups excluding carboxylic acids is 1. The molecule has 1 heterocycles. The van der Waals surface area contributed by atoms with Crippen LogP contribution in [0.3, 0.4) is 0 Å². The van der Waals surface area contributed by atoms with E-state index in [1.807, 2.05) is 38.1 Å². The molecule has 0 bridgehead atoms. The fourth-order valence-corrected chi connectivity index (χ4v) is 2.77. The maximum absolute atomic E-state index is 12.0. The van der Waals surface area contributed by atoms with Crippen LogP contribution in [0, 0.1) is 6.92 Å². The molecule has 1 amide bonds. The van der Waals surface area contributed by atoms with Gasteiger partial charge in [-0.1, -0.05) is 31.0 Å². The van der Waals surface area contributed by atoms with Gasteiger partial charge in [-0.2, -0.15) is 0 Å². The van der Waals surface area contributed by atoms with Crippen molar-refractivity contribution in [2.75, 3.05) is 6.54 Å². The van der Waals surface area contributed by atoms with Gasteiger partial charge in [0, 0.05) is 17.4 Å². The first kappa shape index (κ1) is 16.6. The summed E-state index contributed by atoms with van der Waals surface area (Å²) in [7, 11) is 0. The molecule has 0 saturated heterocycles. The van der Waals surface area contributed by atoms with E-state index >= 15 is 0 Å². The van der Waals surface area contributed by atoms with E-state index in [4.69, 9.17) is 10.2 Å². The summed E-state index contributed by atoms with van der Waals surface area (Å²) in [6, 6.07) is 7.85. The molecule has 0 aliphatic rings. The van der Waals surface area contributed by atoms with Gasteiger partial charge in [-0.15, -0.1) is 0 Å². The summed E-state index contributed by atoms with van der Waals surface area (Å²) in [6.07, 6.45) is 4.67. The van der Waals surface area contributed by atoms with Gasteiger partial charge in [0.2, 0.25) is 5.91 Å². The van der Waals surface area contributed by atoms with Crippen LogP contribution >= 0.6 is 0 Å². The normalized spacial score (nSPS) is 12.5. The van der Waals surface area contributed by atoms with Crippen LogP contribution in [0.25, 0.3) is 11.0 Å². The lowest BCUT2D eigenvalue weighted by molar-refractivity contribution is -0.122. The lowest BCUT2D eigenvalue weighted by Crippen LogP contribution is -2.26. The van der Waals surface area contributed by atoms with Gasteiger partial charge in [0.15, 0.2) is 0 Å². The van der Waals surface area contributed by atoms with Gasteiger partial charge in [0.05, 0.1) is 6.04 Å². The number of rotatable bonds is 8. The minimum atomic E-state index is -0.107. The maximum atomic E-state index is 12.0. The Morgan fingerprint density at radius 1 is 1.23 bits per heavy atom. The highest BCUT2D eigenvalue weighted by Gasteiger charge is 2.17. The smallest absolute Gasteiger partial charge is 0.220 e. The number of aryl methyl sites for hydroxylation is 1. The van der Waals surface area contributed by atoms with E-state index in [1.54, 1.807) is 0 Å². The minimum absolute atomic E-state index is 0.0834. The molecule has 1 aromatic heterocycles. The lowest BCUT2D eigenvalue weighted by atomic mass is 10.1. The maximum Gasteiger partial charge on any atom is 0.220 e. The minimum Gasteiger partial charge on any atom is -0.459 e. The number of nitrogens with two attached hydrogens (primary N) is 1. The van der Waals surface area contributed by atoms with Crippen molar-refractivity contribution in [3.8, 4) is 0 Å². The van der Waals surface area contributed by atoms with Crippen molar-refractivity contribution in [2.45, 2.75) is 52.0 Å². The van der Waals surface area contributed by atoms with Crippen LogP contribution in [0.1, 0.15) is 56.4 Å². The highest BCUT2D eigenvalue weighted by Crippen LogP contribution is 2.29. The molecule has 120 valence electrons. The SMILES string of the molecule is Cc1c(C(C)NC(=O)CCCCCCN)oc2ccccc12. The number of unbranched alkanes of at least 4 members (excludes halogenated alkanes) is 3. The predicted molar refractivity (Wildman–Crippen MR) is 89.6 cm³/mol. The molecule has 2 rings (SSSR count). The largest absolute Gasteiger partial charge is 0.459 e. The number of amides is 1. The van der Waals surface area contributed by atoms with Crippen molar-refractivity contribution in [2.24, 2.45) is 5.73 Å². The average molecular weight is 302 g/mol. The third-order valence-electron chi connectivity index (χ3n) is 4.01. The van der Waals surface area contributed by atoms with Gasteiger partial charge in [0.25, 0.3) is 0 Å². The fourth-order valence-electron chi connectivity index (χ4n) is 2.77. The summed E-state index contributed by atoms with van der Waals surface area (Å²) in [5.41, 5.74) is 7.43. The van der Waals surface area contributed by atoms with Gasteiger partial charge in [-0.05, 0) is 39.3 Å². The number of furan rings is 1. The molecule has 0 spiro atoms. The topological polar surface area (TPSA) is 68.3 Å². The van der Waals surface area contributed by atoms with Crippen LogP contribution in [0.2, 0.25) is 0 Å². The third kappa shape index (κ3) is 4.10. The summed E-state index contributed by atoms with van der Waals surface area (Å²) >= 11 is 0. The molecule has 0 fully saturated rings. The average Bonchev–Trinajstić information content (AvgIpc) is 2.85. The summed E-state index contributed by atoms with van der Waals surface area (Å²) in [4.78, 5) is 12.0. The number of benzene rings is 1. The van der Waals surface area contributed by atoms with Crippen molar-refractivity contribution in [3.05, 3.63) is 35.6 Å². The zero-order valence-electron chi connectivity index (χ0n) is 13.5. The number of nitrogens with one attached hydrogen (secondary N) is 1. The van der Waals surface area contributed by atoms with Crippen LogP contribution in [-0.4, -0.2) is 12.5 Å². The van der Waals surface area contributed by atoms with E-state index in [0.29, 0.717) is 6.42 Å². The molecule has 0 saturated carbocycles. The van der Waals surface area contributed by atoms with Gasteiger partial charge in [0.1, 0.15) is 11.3 Å². The van der Waals surface area contributed by atoms with Crippen molar-refractivity contribution >= 4 is 16.9 Å². The van der Waals surface area contributed by atoms with Gasteiger partial charge in [-0.3, -0.25) is 4.79 Å². The second kappa shape index (κ2) is 7.99. The lowest BCUT2D eigenvalue weighted by Gasteiger charge is -2.12. The highest BCUT2D eigenvalue weighted by atomic mass is 16.3. The molecule has 4 nitrogen and oxygen atoms in total. The molecule has 1 atom stereocenters. The summed E-state index contributed by atoms with van der Waals surface area (Å²) in [6.45, 7) is 4.74. The Kier molecular flexibility index (Phi) is 6.01. The molecule has 2 aromatic rings. The Hall–Kier alpha value is -1.81. The van der Waals surface area contributed by atoms with Crippen LogP contribution in [0.15, 0.2) is 28.7 Å². The van der Waals surface area contributed by atoms with Crippen molar-refractivity contribution in [3.63, 3.8) is 0 Å². The second-order valence-electron chi connectivity index (χ2n) is 5.83. The summed E-state index contributed by atoms with van der Waals surface area (Å²) in [5.74, 6) is 0.929. The Morgan fingerprint density at radius 2 is 1.95 bits per heavy atom. The number of carbonyl (C=O) groups is 1. The summed E-state index contributed by atoms with van der Waals surface area (Å²) in [5, 5.41) is 4.14. The molecule has 22 heavy (non-hydrogen) atoms. The van der Waals surface area contributed by atoms with Crippen molar-refractivity contribution < 1.29 is 9.21 Å². The fraction of sp³-hybridized carbons (Fsp3) is 0.500. The second-order valence-corrected chi connectivity index (χ2v) is 5.83. The highest BCUT2D eigenvalue weighted by molar-refractivity contribution is 5.82. The molecule has 0 aliphatic carbocycles. The molecule has 3 N–H and O–H groups in total. The van der Waals surface area contributed by atoms with Gasteiger partial charge in [-0.25, -0.2) is 0 Å². The predicted octanol–water partition coefficient (Wildman–Crippen LogP) is 3.83. The van der Waals surface area contributed by atoms with Crippen LogP contribution in [0.4, 0.5) is 0 Å². The van der Waals surface area contributed by atoms with Gasteiger partial charge >= 0.3 is 0 Å². The Balaban J connectivity index is 1.89. The standard InChI is InChI=1S/C18H26N2O2/c1-13-15-9-6-7-10-16(15)22-18(13)14(2)20-17(21)11-5-3-4-8-12-19/h6-7,9-10,14H,3-5,8,11-12,19H2,1-2H3,(H,20,21). The van der Waals surface area contributed by atoms with E-state index in [9.17, 15) is 4.79 Å². The molecular weight excluding hydrogens is 276 g/mol. The van der Waals surface area contributed by atoms with E-state index in [1.165, 1.54) is 0 Å².